The fourth-order valence-electron chi connectivity index (χ4n) is 2.04. The van der Waals surface area contributed by atoms with E-state index >= 15 is 0 Å². The minimum atomic E-state index is -0.0169. The van der Waals surface area contributed by atoms with Gasteiger partial charge in [-0.25, -0.2) is 4.98 Å². The molecule has 0 saturated carbocycles. The summed E-state index contributed by atoms with van der Waals surface area (Å²) in [5.74, 6) is -0.0169. The zero-order valence-electron chi connectivity index (χ0n) is 10.5. The molecule has 0 aliphatic heterocycles. The normalized spacial score (nSPS) is 10.8. The highest BCUT2D eigenvalue weighted by atomic mass is 79.9. The Labute approximate surface area is 128 Å². The van der Waals surface area contributed by atoms with E-state index in [1.54, 1.807) is 6.20 Å². The summed E-state index contributed by atoms with van der Waals surface area (Å²) in [5, 5.41) is 6.45. The van der Waals surface area contributed by atoms with Crippen LogP contribution in [0.3, 0.4) is 0 Å². The lowest BCUT2D eigenvalue weighted by Gasteiger charge is -2.05. The first-order chi connectivity index (χ1) is 9.72. The third-order valence-corrected chi connectivity index (χ3v) is 4.18. The number of carbonyl (C=O) groups excluding carboxylic acids is 1. The van der Waals surface area contributed by atoms with E-state index in [9.17, 15) is 4.79 Å². The van der Waals surface area contributed by atoms with E-state index in [4.69, 9.17) is 0 Å². The predicted molar refractivity (Wildman–Crippen MR) is 85.0 cm³/mol. The molecule has 2 heterocycles. The van der Waals surface area contributed by atoms with Gasteiger partial charge in [0.05, 0.1) is 0 Å². The van der Waals surface area contributed by atoms with Gasteiger partial charge in [0.1, 0.15) is 0 Å². The Kier molecular flexibility index (Phi) is 3.84. The molecular weight excluding hydrogens is 338 g/mol. The van der Waals surface area contributed by atoms with Gasteiger partial charge in [0.2, 0.25) is 5.91 Å². The summed E-state index contributed by atoms with van der Waals surface area (Å²) in [6.45, 7) is 0.650. The van der Waals surface area contributed by atoms with Crippen molar-refractivity contribution < 1.29 is 4.79 Å². The van der Waals surface area contributed by atoms with E-state index in [-0.39, 0.29) is 5.91 Å². The van der Waals surface area contributed by atoms with Crippen LogP contribution in [0.15, 0.2) is 46.5 Å². The van der Waals surface area contributed by atoms with Gasteiger partial charge in [-0.3, -0.25) is 4.79 Å². The number of fused-ring (bicyclic) bond motifs is 1. The smallest absolute Gasteiger partial charge is 0.227 e. The summed E-state index contributed by atoms with van der Waals surface area (Å²) >= 11 is 4.89. The maximum absolute atomic E-state index is 11.8. The highest BCUT2D eigenvalue weighted by molar-refractivity contribution is 9.10. The number of hydrogen-bond acceptors (Lipinski definition) is 3. The third kappa shape index (κ3) is 2.91. The quantitative estimate of drug-likeness (QED) is 0.776. The molecule has 2 aromatic heterocycles. The van der Waals surface area contributed by atoms with Gasteiger partial charge in [-0.15, -0.1) is 11.3 Å². The Morgan fingerprint density at radius 2 is 2.30 bits per heavy atom. The second-order valence-electron chi connectivity index (χ2n) is 4.35. The molecule has 3 aromatic rings. The van der Waals surface area contributed by atoms with Crippen LogP contribution in [0.2, 0.25) is 0 Å². The lowest BCUT2D eigenvalue weighted by molar-refractivity contribution is -0.116. The number of nitrogens with zero attached hydrogens (tertiary/aromatic N) is 2. The molecular formula is C14H12BrN3OS. The molecule has 6 heteroatoms. The molecule has 0 aliphatic carbocycles. The lowest BCUT2D eigenvalue weighted by atomic mass is 10.2. The van der Waals surface area contributed by atoms with Gasteiger partial charge in [-0.1, -0.05) is 22.0 Å². The zero-order chi connectivity index (χ0) is 13.9. The van der Waals surface area contributed by atoms with Crippen molar-refractivity contribution in [1.29, 1.82) is 0 Å². The van der Waals surface area contributed by atoms with Gasteiger partial charge >= 0.3 is 0 Å². The third-order valence-electron chi connectivity index (χ3n) is 2.99. The van der Waals surface area contributed by atoms with E-state index in [1.165, 1.54) is 16.7 Å². The summed E-state index contributed by atoms with van der Waals surface area (Å²) in [7, 11) is 0. The predicted octanol–water partition coefficient (Wildman–Crippen LogP) is 3.89. The summed E-state index contributed by atoms with van der Waals surface area (Å²) < 4.78 is 3.12. The molecule has 4 nitrogen and oxygen atoms in total. The Hall–Kier alpha value is -1.66. The van der Waals surface area contributed by atoms with Crippen molar-refractivity contribution in [2.75, 3.05) is 5.32 Å². The molecule has 1 aromatic carbocycles. The Morgan fingerprint density at radius 1 is 1.40 bits per heavy atom. The van der Waals surface area contributed by atoms with E-state index in [0.29, 0.717) is 18.1 Å². The van der Waals surface area contributed by atoms with E-state index < -0.39 is 0 Å². The maximum Gasteiger partial charge on any atom is 0.227 e. The Balaban J connectivity index is 1.67. The number of rotatable bonds is 4. The number of benzene rings is 1. The summed E-state index contributed by atoms with van der Waals surface area (Å²) in [5.41, 5.74) is 1.13. The average molecular weight is 350 g/mol. The number of hydrogen-bond donors (Lipinski definition) is 1. The molecule has 1 N–H and O–H groups in total. The number of halogens is 1. The van der Waals surface area contributed by atoms with Gasteiger partial charge < -0.3 is 9.88 Å². The second kappa shape index (κ2) is 5.76. The number of thiazole rings is 1. The summed E-state index contributed by atoms with van der Waals surface area (Å²) in [6.07, 6.45) is 4.11. The zero-order valence-corrected chi connectivity index (χ0v) is 12.9. The fourth-order valence-corrected chi connectivity index (χ4v) is 2.94. The fraction of sp³-hybridized carbons (Fsp3) is 0.143. The van der Waals surface area contributed by atoms with Crippen molar-refractivity contribution in [2.24, 2.45) is 0 Å². The van der Waals surface area contributed by atoms with Crippen LogP contribution in [0.5, 0.6) is 0 Å². The maximum atomic E-state index is 11.8. The number of nitrogens with one attached hydrogen (secondary N) is 1. The highest BCUT2D eigenvalue weighted by Crippen LogP contribution is 2.21. The first-order valence-corrected chi connectivity index (χ1v) is 7.83. The van der Waals surface area contributed by atoms with Crippen LogP contribution < -0.4 is 5.32 Å². The molecule has 3 rings (SSSR count). The Bertz CT molecular complexity index is 736. The standard InChI is InChI=1S/C14H12BrN3OS/c15-11-2-1-10-3-6-18(12(10)9-11)7-4-13(19)17-14-16-5-8-20-14/h1-3,5-6,8-9H,4,7H2,(H,16,17,19). The summed E-state index contributed by atoms with van der Waals surface area (Å²) in [6, 6.07) is 8.20. The SMILES string of the molecule is O=C(CCn1ccc2ccc(Br)cc21)Nc1nccs1. The molecule has 0 aliphatic rings. The minimum Gasteiger partial charge on any atom is -0.347 e. The molecule has 0 fully saturated rings. The van der Waals surface area contributed by atoms with E-state index in [1.807, 2.05) is 17.6 Å². The van der Waals surface area contributed by atoms with Crippen LogP contribution in [0, 0.1) is 0 Å². The monoisotopic (exact) mass is 349 g/mol. The van der Waals surface area contributed by atoms with Gasteiger partial charge in [0.15, 0.2) is 5.13 Å². The van der Waals surface area contributed by atoms with Crippen LogP contribution >= 0.6 is 27.3 Å². The lowest BCUT2D eigenvalue weighted by Crippen LogP contribution is -2.13. The van der Waals surface area contributed by atoms with Crippen molar-refractivity contribution in [2.45, 2.75) is 13.0 Å². The highest BCUT2D eigenvalue weighted by Gasteiger charge is 2.06. The van der Waals surface area contributed by atoms with Gasteiger partial charge in [-0.05, 0) is 23.6 Å². The van der Waals surface area contributed by atoms with Crippen LogP contribution in [-0.4, -0.2) is 15.5 Å². The van der Waals surface area contributed by atoms with Crippen molar-refractivity contribution >= 4 is 49.2 Å². The van der Waals surface area contributed by atoms with Gasteiger partial charge in [0.25, 0.3) is 0 Å². The number of carbonyl (C=O) groups is 1. The topological polar surface area (TPSA) is 46.9 Å². The molecule has 1 amide bonds. The molecule has 0 bridgehead atoms. The largest absolute Gasteiger partial charge is 0.347 e. The van der Waals surface area contributed by atoms with Crippen molar-refractivity contribution in [3.63, 3.8) is 0 Å². The number of anilines is 1. The first-order valence-electron chi connectivity index (χ1n) is 6.16. The number of amides is 1. The molecule has 0 radical (unpaired) electrons. The first kappa shape index (κ1) is 13.3. The molecule has 0 spiro atoms. The van der Waals surface area contributed by atoms with Gasteiger partial charge in [-0.2, -0.15) is 0 Å². The number of aryl methyl sites for hydroxylation is 1. The summed E-state index contributed by atoms with van der Waals surface area (Å²) in [4.78, 5) is 15.9. The molecule has 0 atom stereocenters. The van der Waals surface area contributed by atoms with Crippen molar-refractivity contribution in [3.8, 4) is 0 Å². The van der Waals surface area contributed by atoms with Crippen LogP contribution in [-0.2, 0) is 11.3 Å². The molecule has 0 unspecified atom stereocenters. The Morgan fingerprint density at radius 3 is 3.10 bits per heavy atom. The molecule has 20 heavy (non-hydrogen) atoms. The van der Waals surface area contributed by atoms with Crippen molar-refractivity contribution in [3.05, 3.63) is 46.5 Å². The minimum absolute atomic E-state index is 0.0169. The molecule has 0 saturated heterocycles. The van der Waals surface area contributed by atoms with Crippen LogP contribution in [0.1, 0.15) is 6.42 Å². The van der Waals surface area contributed by atoms with Crippen LogP contribution in [0.4, 0.5) is 5.13 Å². The van der Waals surface area contributed by atoms with Gasteiger partial charge in [0, 0.05) is 40.7 Å². The second-order valence-corrected chi connectivity index (χ2v) is 6.16. The average Bonchev–Trinajstić information content (AvgIpc) is 3.05. The molecule has 102 valence electrons. The van der Waals surface area contributed by atoms with Crippen molar-refractivity contribution in [1.82, 2.24) is 9.55 Å². The van der Waals surface area contributed by atoms with E-state index in [0.717, 1.165) is 9.99 Å². The van der Waals surface area contributed by atoms with Crippen LogP contribution in [0.25, 0.3) is 10.9 Å². The number of aromatic nitrogens is 2. The van der Waals surface area contributed by atoms with E-state index in [2.05, 4.69) is 49.0 Å².